The first-order chi connectivity index (χ1) is 9.70. The van der Waals surface area contributed by atoms with E-state index in [1.165, 1.54) is 0 Å². The molecule has 0 aliphatic rings. The first kappa shape index (κ1) is 14.2. The number of carbonyl (C=O) groups excluding carboxylic acids is 1. The van der Waals surface area contributed by atoms with Crippen molar-refractivity contribution in [2.24, 2.45) is 5.73 Å². The van der Waals surface area contributed by atoms with Crippen molar-refractivity contribution < 1.29 is 9.32 Å². The molecule has 1 heterocycles. The van der Waals surface area contributed by atoms with Gasteiger partial charge in [0.05, 0.1) is 0 Å². The Morgan fingerprint density at radius 1 is 1.35 bits per heavy atom. The highest BCUT2D eigenvalue weighted by Crippen LogP contribution is 2.09. The Bertz CT molecular complexity index is 553. The van der Waals surface area contributed by atoms with Gasteiger partial charge in [-0.2, -0.15) is 4.98 Å². The Kier molecular flexibility index (Phi) is 4.84. The van der Waals surface area contributed by atoms with Crippen LogP contribution >= 0.6 is 0 Å². The summed E-state index contributed by atoms with van der Waals surface area (Å²) in [6.07, 6.45) is 0.732. The number of nitrogens with zero attached hydrogens (tertiary/aromatic N) is 3. The monoisotopic (exact) mass is 274 g/mol. The van der Waals surface area contributed by atoms with Gasteiger partial charge < -0.3 is 15.2 Å². The van der Waals surface area contributed by atoms with E-state index in [4.69, 9.17) is 10.3 Å². The fourth-order valence-electron chi connectivity index (χ4n) is 1.87. The van der Waals surface area contributed by atoms with Crippen molar-refractivity contribution in [3.05, 3.63) is 47.6 Å². The minimum absolute atomic E-state index is 0.0930. The highest BCUT2D eigenvalue weighted by molar-refractivity contribution is 5.90. The zero-order valence-electron chi connectivity index (χ0n) is 11.5. The van der Waals surface area contributed by atoms with E-state index in [-0.39, 0.29) is 11.7 Å². The van der Waals surface area contributed by atoms with Crippen molar-refractivity contribution in [3.63, 3.8) is 0 Å². The number of hydrogen-bond acceptors (Lipinski definition) is 5. The molecule has 106 valence electrons. The summed E-state index contributed by atoms with van der Waals surface area (Å²) < 4.78 is 4.86. The summed E-state index contributed by atoms with van der Waals surface area (Å²) >= 11 is 0. The van der Waals surface area contributed by atoms with Crippen molar-refractivity contribution in [3.8, 4) is 0 Å². The zero-order valence-corrected chi connectivity index (χ0v) is 11.5. The number of hydrogen-bond donors (Lipinski definition) is 1. The molecule has 0 bridgehead atoms. The molecule has 2 N–H and O–H groups in total. The van der Waals surface area contributed by atoms with Crippen LogP contribution in [-0.4, -0.2) is 34.0 Å². The summed E-state index contributed by atoms with van der Waals surface area (Å²) in [6.45, 7) is 3.26. The van der Waals surface area contributed by atoms with Gasteiger partial charge in [-0.25, -0.2) is 0 Å². The van der Waals surface area contributed by atoms with Gasteiger partial charge >= 0.3 is 0 Å². The number of amides is 1. The van der Waals surface area contributed by atoms with Gasteiger partial charge in [-0.1, -0.05) is 35.5 Å². The Hall–Kier alpha value is -2.21. The van der Waals surface area contributed by atoms with Crippen molar-refractivity contribution >= 4 is 5.91 Å². The molecule has 1 amide bonds. The highest BCUT2D eigenvalue weighted by atomic mass is 16.5. The molecule has 0 fully saturated rings. The van der Waals surface area contributed by atoms with Gasteiger partial charge in [-0.3, -0.25) is 4.79 Å². The Morgan fingerprint density at radius 3 is 2.70 bits per heavy atom. The molecule has 0 aliphatic heterocycles. The maximum absolute atomic E-state index is 12.4. The number of aryl methyl sites for hydroxylation is 1. The maximum Gasteiger partial charge on any atom is 0.295 e. The van der Waals surface area contributed by atoms with E-state index in [1.807, 2.05) is 30.3 Å². The summed E-state index contributed by atoms with van der Waals surface area (Å²) in [5.41, 5.74) is 6.58. The molecule has 20 heavy (non-hydrogen) atoms. The van der Waals surface area contributed by atoms with Crippen LogP contribution in [0.2, 0.25) is 0 Å². The second kappa shape index (κ2) is 6.81. The van der Waals surface area contributed by atoms with E-state index >= 15 is 0 Å². The van der Waals surface area contributed by atoms with Gasteiger partial charge in [0.1, 0.15) is 0 Å². The summed E-state index contributed by atoms with van der Waals surface area (Å²) in [4.78, 5) is 18.0. The van der Waals surface area contributed by atoms with Crippen LogP contribution < -0.4 is 5.73 Å². The molecule has 0 spiro atoms. The van der Waals surface area contributed by atoms with E-state index in [0.717, 1.165) is 12.0 Å². The lowest BCUT2D eigenvalue weighted by atomic mass is 10.2. The van der Waals surface area contributed by atoms with Crippen LogP contribution in [0.15, 0.2) is 34.9 Å². The number of carbonyl (C=O) groups is 1. The average Bonchev–Trinajstić information content (AvgIpc) is 2.90. The van der Waals surface area contributed by atoms with Crippen LogP contribution in [0.3, 0.4) is 0 Å². The summed E-state index contributed by atoms with van der Waals surface area (Å²) in [7, 11) is 0. The standard InChI is InChI=1S/C14H18N4O2/c1-11-16-13(17-20-11)14(19)18(9-5-8-15)10-12-6-3-2-4-7-12/h2-4,6-7H,5,8-10,15H2,1H3. The predicted octanol–water partition coefficient (Wildman–Crippen LogP) is 1.37. The summed E-state index contributed by atoms with van der Waals surface area (Å²) in [5, 5.41) is 3.68. The topological polar surface area (TPSA) is 85.2 Å². The van der Waals surface area contributed by atoms with E-state index in [2.05, 4.69) is 10.1 Å². The van der Waals surface area contributed by atoms with Crippen LogP contribution in [0.4, 0.5) is 0 Å². The third-order valence-electron chi connectivity index (χ3n) is 2.85. The molecule has 6 nitrogen and oxygen atoms in total. The first-order valence-electron chi connectivity index (χ1n) is 6.54. The molecule has 0 saturated carbocycles. The summed E-state index contributed by atoms with van der Waals surface area (Å²) in [6, 6.07) is 9.78. The molecule has 0 aliphatic carbocycles. The van der Waals surface area contributed by atoms with Gasteiger partial charge in [0.2, 0.25) is 5.89 Å². The second-order valence-corrected chi connectivity index (χ2v) is 4.49. The molecule has 0 atom stereocenters. The average molecular weight is 274 g/mol. The Labute approximate surface area is 117 Å². The van der Waals surface area contributed by atoms with Gasteiger partial charge in [0.25, 0.3) is 11.7 Å². The van der Waals surface area contributed by atoms with Crippen molar-refractivity contribution in [1.29, 1.82) is 0 Å². The molecule has 0 radical (unpaired) electrons. The van der Waals surface area contributed by atoms with Gasteiger partial charge in [0.15, 0.2) is 0 Å². The molecule has 0 saturated heterocycles. The molecule has 1 aromatic heterocycles. The SMILES string of the molecule is Cc1nc(C(=O)N(CCCN)Cc2ccccc2)no1. The lowest BCUT2D eigenvalue weighted by Crippen LogP contribution is -2.33. The lowest BCUT2D eigenvalue weighted by molar-refractivity contribution is 0.0726. The van der Waals surface area contributed by atoms with Crippen LogP contribution in [0.1, 0.15) is 28.5 Å². The third-order valence-corrected chi connectivity index (χ3v) is 2.85. The minimum atomic E-state index is -0.237. The maximum atomic E-state index is 12.4. The van der Waals surface area contributed by atoms with Crippen LogP contribution in [-0.2, 0) is 6.54 Å². The molecule has 2 aromatic rings. The van der Waals surface area contributed by atoms with Gasteiger partial charge in [-0.15, -0.1) is 0 Å². The Balaban J connectivity index is 2.12. The normalized spacial score (nSPS) is 10.5. The van der Waals surface area contributed by atoms with E-state index < -0.39 is 0 Å². The second-order valence-electron chi connectivity index (χ2n) is 4.49. The first-order valence-corrected chi connectivity index (χ1v) is 6.54. The largest absolute Gasteiger partial charge is 0.339 e. The van der Waals surface area contributed by atoms with E-state index in [1.54, 1.807) is 11.8 Å². The van der Waals surface area contributed by atoms with Gasteiger partial charge in [-0.05, 0) is 18.5 Å². The molecule has 1 aromatic carbocycles. The molecular formula is C14H18N4O2. The van der Waals surface area contributed by atoms with Crippen molar-refractivity contribution in [2.45, 2.75) is 19.9 Å². The van der Waals surface area contributed by atoms with Crippen molar-refractivity contribution in [2.75, 3.05) is 13.1 Å². The van der Waals surface area contributed by atoms with E-state index in [9.17, 15) is 4.79 Å². The molecule has 6 heteroatoms. The van der Waals surface area contributed by atoms with Crippen molar-refractivity contribution in [1.82, 2.24) is 15.0 Å². The minimum Gasteiger partial charge on any atom is -0.339 e. The quantitative estimate of drug-likeness (QED) is 0.859. The number of benzene rings is 1. The predicted molar refractivity (Wildman–Crippen MR) is 73.9 cm³/mol. The third kappa shape index (κ3) is 3.64. The fourth-order valence-corrected chi connectivity index (χ4v) is 1.87. The smallest absolute Gasteiger partial charge is 0.295 e. The van der Waals surface area contributed by atoms with Crippen LogP contribution in [0.25, 0.3) is 0 Å². The number of aromatic nitrogens is 2. The lowest BCUT2D eigenvalue weighted by Gasteiger charge is -2.21. The van der Waals surface area contributed by atoms with Crippen LogP contribution in [0, 0.1) is 6.92 Å². The summed E-state index contributed by atoms with van der Waals surface area (Å²) in [5.74, 6) is 0.237. The Morgan fingerprint density at radius 2 is 2.10 bits per heavy atom. The van der Waals surface area contributed by atoms with Crippen LogP contribution in [0.5, 0.6) is 0 Å². The molecule has 0 unspecified atom stereocenters. The number of nitrogens with two attached hydrogens (primary N) is 1. The molecule has 2 rings (SSSR count). The van der Waals surface area contributed by atoms with E-state index in [0.29, 0.717) is 25.5 Å². The van der Waals surface area contributed by atoms with Gasteiger partial charge in [0, 0.05) is 20.0 Å². The zero-order chi connectivity index (χ0) is 14.4. The number of rotatable bonds is 6. The highest BCUT2D eigenvalue weighted by Gasteiger charge is 2.20. The fraction of sp³-hybridized carbons (Fsp3) is 0.357. The molecular weight excluding hydrogens is 256 g/mol.